The summed E-state index contributed by atoms with van der Waals surface area (Å²) in [6, 6.07) is 20.4. The van der Waals surface area contributed by atoms with Gasteiger partial charge in [-0.15, -0.1) is 5.48 Å². The molecule has 4 rings (SSSR count). The molecule has 0 atom stereocenters. The lowest BCUT2D eigenvalue weighted by molar-refractivity contribution is -0.161. The fourth-order valence-corrected chi connectivity index (χ4v) is 3.81. The van der Waals surface area contributed by atoms with Crippen molar-refractivity contribution >= 4 is 17.6 Å². The number of aromatic nitrogens is 2. The molecule has 0 fully saturated rings. The molecule has 0 aliphatic rings. The molecule has 214 valence electrons. The number of benzene rings is 3. The highest BCUT2D eigenvalue weighted by Gasteiger charge is 2.36. The van der Waals surface area contributed by atoms with E-state index < -0.39 is 40.7 Å². The summed E-state index contributed by atoms with van der Waals surface area (Å²) in [6.07, 6.45) is -4.37. The van der Waals surface area contributed by atoms with Crippen LogP contribution in [0.3, 0.4) is 0 Å². The van der Waals surface area contributed by atoms with Crippen molar-refractivity contribution in [2.45, 2.75) is 39.9 Å². The minimum atomic E-state index is -4.83. The summed E-state index contributed by atoms with van der Waals surface area (Å²) in [6.45, 7) is 5.10. The van der Waals surface area contributed by atoms with E-state index in [1.54, 1.807) is 39.0 Å². The van der Waals surface area contributed by atoms with Gasteiger partial charge < -0.3 is 10.2 Å². The molecule has 0 unspecified atom stereocenters. The van der Waals surface area contributed by atoms with Crippen molar-refractivity contribution in [2.24, 2.45) is 5.41 Å². The maximum atomic E-state index is 14.6. The van der Waals surface area contributed by atoms with Crippen LogP contribution in [-0.4, -0.2) is 21.7 Å². The molecule has 1 heterocycles. The molecule has 3 aromatic carbocycles. The number of carbonyl (C=O) groups excluding carboxylic acids is 2. The molecule has 0 aliphatic heterocycles. The third-order valence-corrected chi connectivity index (χ3v) is 5.97. The summed E-state index contributed by atoms with van der Waals surface area (Å²) >= 11 is 0. The van der Waals surface area contributed by atoms with Gasteiger partial charge in [0.25, 0.3) is 5.91 Å². The van der Waals surface area contributed by atoms with E-state index in [2.05, 4.69) is 15.9 Å². The lowest BCUT2D eigenvalue weighted by Crippen LogP contribution is -2.29. The third kappa shape index (κ3) is 7.57. The molecule has 0 saturated carbocycles. The van der Waals surface area contributed by atoms with Crippen LogP contribution < -0.4 is 10.8 Å². The quantitative estimate of drug-likeness (QED) is 0.188. The predicted octanol–water partition coefficient (Wildman–Crippen LogP) is 6.47. The van der Waals surface area contributed by atoms with Crippen molar-refractivity contribution in [1.29, 1.82) is 0 Å². The average molecular weight is 569 g/mol. The Labute approximate surface area is 234 Å². The van der Waals surface area contributed by atoms with Gasteiger partial charge in [0.05, 0.1) is 23.3 Å². The Morgan fingerprint density at radius 2 is 1.59 bits per heavy atom. The summed E-state index contributed by atoms with van der Waals surface area (Å²) in [4.78, 5) is 30.2. The Balaban J connectivity index is 1.59. The second-order valence-corrected chi connectivity index (χ2v) is 10.4. The van der Waals surface area contributed by atoms with Gasteiger partial charge in [0.1, 0.15) is 11.5 Å². The Hall–Kier alpha value is -4.51. The van der Waals surface area contributed by atoms with Crippen LogP contribution >= 0.6 is 0 Å². The van der Waals surface area contributed by atoms with Crippen LogP contribution in [0.1, 0.15) is 53.6 Å². The van der Waals surface area contributed by atoms with E-state index in [1.165, 1.54) is 24.3 Å². The number of hydrogen-bond donors (Lipinski definition) is 2. The zero-order chi connectivity index (χ0) is 29.8. The van der Waals surface area contributed by atoms with E-state index in [4.69, 9.17) is 4.84 Å². The molecule has 0 radical (unpaired) electrons. The minimum absolute atomic E-state index is 0.0456. The van der Waals surface area contributed by atoms with Gasteiger partial charge in [-0.05, 0) is 68.1 Å². The van der Waals surface area contributed by atoms with E-state index >= 15 is 0 Å². The SMILES string of the molecule is CC(C)(C)C(=O)ONCc1cccc(-n2nc(C(F)(F)F)cc2C(=O)Nc2cc(Cc3ccccc3)ccc2F)c1. The van der Waals surface area contributed by atoms with Crippen LogP contribution in [0.4, 0.5) is 23.2 Å². The monoisotopic (exact) mass is 568 g/mol. The van der Waals surface area contributed by atoms with E-state index in [0.29, 0.717) is 23.6 Å². The van der Waals surface area contributed by atoms with Crippen LogP contribution in [0.25, 0.3) is 5.69 Å². The molecule has 4 aromatic rings. The largest absolute Gasteiger partial charge is 0.435 e. The Kier molecular flexibility index (Phi) is 8.57. The van der Waals surface area contributed by atoms with E-state index in [1.807, 2.05) is 30.3 Å². The number of rotatable bonds is 8. The Bertz CT molecular complexity index is 1540. The van der Waals surface area contributed by atoms with Gasteiger partial charge in [-0.2, -0.15) is 18.3 Å². The van der Waals surface area contributed by atoms with Gasteiger partial charge in [0, 0.05) is 6.07 Å². The van der Waals surface area contributed by atoms with E-state index in [9.17, 15) is 27.2 Å². The van der Waals surface area contributed by atoms with E-state index in [-0.39, 0.29) is 17.9 Å². The fourth-order valence-electron chi connectivity index (χ4n) is 3.81. The summed E-state index contributed by atoms with van der Waals surface area (Å²) in [5, 5.41) is 6.01. The maximum Gasteiger partial charge on any atom is 0.435 e. The van der Waals surface area contributed by atoms with Crippen molar-refractivity contribution in [1.82, 2.24) is 15.3 Å². The molecule has 1 aromatic heterocycles. The summed E-state index contributed by atoms with van der Waals surface area (Å²) in [7, 11) is 0. The number of hydrogen-bond acceptors (Lipinski definition) is 5. The first-order valence-electron chi connectivity index (χ1n) is 12.7. The molecule has 11 heteroatoms. The fraction of sp³-hybridized carbons (Fsp3) is 0.233. The maximum absolute atomic E-state index is 14.6. The minimum Gasteiger partial charge on any atom is -0.370 e. The molecule has 2 N–H and O–H groups in total. The van der Waals surface area contributed by atoms with Crippen molar-refractivity contribution in [2.75, 3.05) is 5.32 Å². The van der Waals surface area contributed by atoms with Gasteiger partial charge >= 0.3 is 12.1 Å². The first kappa shape index (κ1) is 29.5. The molecule has 1 amide bonds. The topological polar surface area (TPSA) is 85.2 Å². The van der Waals surface area contributed by atoms with Crippen LogP contribution in [0, 0.1) is 11.2 Å². The second kappa shape index (κ2) is 11.9. The highest BCUT2D eigenvalue weighted by molar-refractivity contribution is 6.03. The lowest BCUT2D eigenvalue weighted by atomic mass is 9.98. The standard InChI is InChI=1S/C30H28F4N4O3/c1-29(2,3)28(40)41-35-18-21-10-7-11-22(15-21)38-25(17-26(37-38)30(32,33)34)27(39)36-24-16-20(12-13-23(24)31)14-19-8-5-4-6-9-19/h4-13,15-17,35H,14,18H2,1-3H3,(H,36,39). The molecule has 7 nitrogen and oxygen atoms in total. The number of nitrogens with one attached hydrogen (secondary N) is 2. The van der Waals surface area contributed by atoms with Crippen LogP contribution in [0.15, 0.2) is 78.9 Å². The molecule has 0 aliphatic carbocycles. The third-order valence-electron chi connectivity index (χ3n) is 5.97. The summed E-state index contributed by atoms with van der Waals surface area (Å²) in [5.41, 5.74) is 2.23. The molecule has 0 bridgehead atoms. The van der Waals surface area contributed by atoms with Crippen LogP contribution in [0.5, 0.6) is 0 Å². The van der Waals surface area contributed by atoms with Gasteiger partial charge in [-0.25, -0.2) is 13.9 Å². The number of amides is 1. The second-order valence-electron chi connectivity index (χ2n) is 10.4. The van der Waals surface area contributed by atoms with Crippen LogP contribution in [0.2, 0.25) is 0 Å². The Morgan fingerprint density at radius 3 is 2.27 bits per heavy atom. The zero-order valence-electron chi connectivity index (χ0n) is 22.6. The van der Waals surface area contributed by atoms with Gasteiger partial charge in [0.15, 0.2) is 5.69 Å². The average Bonchev–Trinajstić information content (AvgIpc) is 3.37. The lowest BCUT2D eigenvalue weighted by Gasteiger charge is -2.16. The summed E-state index contributed by atoms with van der Waals surface area (Å²) < 4.78 is 56.3. The van der Waals surface area contributed by atoms with Crippen molar-refractivity contribution in [3.05, 3.63) is 113 Å². The smallest absolute Gasteiger partial charge is 0.370 e. The van der Waals surface area contributed by atoms with Gasteiger partial charge in [-0.3, -0.25) is 4.79 Å². The molecular weight excluding hydrogens is 540 g/mol. The molecule has 0 saturated heterocycles. The molecule has 41 heavy (non-hydrogen) atoms. The van der Waals surface area contributed by atoms with E-state index in [0.717, 1.165) is 10.2 Å². The number of anilines is 1. The highest BCUT2D eigenvalue weighted by Crippen LogP contribution is 2.30. The number of nitrogens with zero attached hydrogens (tertiary/aromatic N) is 2. The van der Waals surface area contributed by atoms with Crippen LogP contribution in [-0.2, 0) is 28.8 Å². The summed E-state index contributed by atoms with van der Waals surface area (Å²) in [5.74, 6) is -2.21. The Morgan fingerprint density at radius 1 is 0.878 bits per heavy atom. The predicted molar refractivity (Wildman–Crippen MR) is 145 cm³/mol. The van der Waals surface area contributed by atoms with Crippen molar-refractivity contribution in [3.8, 4) is 5.69 Å². The number of alkyl halides is 3. The normalized spacial score (nSPS) is 11.8. The van der Waals surface area contributed by atoms with Gasteiger partial charge in [0.2, 0.25) is 0 Å². The molecule has 0 spiro atoms. The highest BCUT2D eigenvalue weighted by atomic mass is 19.4. The van der Waals surface area contributed by atoms with Gasteiger partial charge in [-0.1, -0.05) is 48.5 Å². The number of halogens is 4. The number of carbonyl (C=O) groups is 2. The van der Waals surface area contributed by atoms with Crippen molar-refractivity contribution in [3.63, 3.8) is 0 Å². The zero-order valence-corrected chi connectivity index (χ0v) is 22.6. The first-order valence-corrected chi connectivity index (χ1v) is 12.7. The van der Waals surface area contributed by atoms with Crippen molar-refractivity contribution < 1.29 is 32.0 Å². The molecular formula is C30H28F4N4O3. The number of hydroxylamine groups is 1. The first-order chi connectivity index (χ1) is 19.3.